The lowest BCUT2D eigenvalue weighted by molar-refractivity contribution is -0.0212. The summed E-state index contributed by atoms with van der Waals surface area (Å²) < 4.78 is 23.0. The van der Waals surface area contributed by atoms with E-state index < -0.39 is 18.0 Å². The van der Waals surface area contributed by atoms with Gasteiger partial charge in [-0.3, -0.25) is 4.57 Å². The van der Waals surface area contributed by atoms with Crippen LogP contribution in [0.1, 0.15) is 6.23 Å². The first-order valence-corrected chi connectivity index (χ1v) is 10.0. The molecule has 0 spiro atoms. The van der Waals surface area contributed by atoms with Gasteiger partial charge in [-0.15, -0.1) is 0 Å². The average molecular weight is 434 g/mol. The maximum Gasteiger partial charge on any atom is 0.352 e. The number of nitrogens with one attached hydrogen (secondary N) is 1. The SMILES string of the molecule is COCC1=C(OC)C(O)[C@H](n2cc3c(nc2=O)Nc2c(OCCN)cccc2S3)O1. The second-order valence-electron chi connectivity index (χ2n) is 6.51. The fourth-order valence-electron chi connectivity index (χ4n) is 3.29. The van der Waals surface area contributed by atoms with Crippen LogP contribution in [0, 0.1) is 0 Å². The molecule has 2 aliphatic rings. The van der Waals surface area contributed by atoms with Gasteiger partial charge in [0, 0.05) is 24.7 Å². The zero-order chi connectivity index (χ0) is 21.3. The Morgan fingerprint density at radius 2 is 2.20 bits per heavy atom. The van der Waals surface area contributed by atoms with Gasteiger partial charge >= 0.3 is 5.69 Å². The van der Waals surface area contributed by atoms with Crippen LogP contribution in [0.25, 0.3) is 0 Å². The van der Waals surface area contributed by atoms with Crippen molar-refractivity contribution in [1.82, 2.24) is 9.55 Å². The van der Waals surface area contributed by atoms with E-state index in [2.05, 4.69) is 10.3 Å². The lowest BCUT2D eigenvalue weighted by Gasteiger charge is -2.24. The summed E-state index contributed by atoms with van der Waals surface area (Å²) in [6, 6.07) is 5.64. The van der Waals surface area contributed by atoms with Gasteiger partial charge in [0.2, 0.25) is 6.23 Å². The molecular formula is C19H22N4O6S. The molecule has 0 saturated heterocycles. The van der Waals surface area contributed by atoms with Gasteiger partial charge in [0.05, 0.1) is 17.7 Å². The molecule has 2 atom stereocenters. The van der Waals surface area contributed by atoms with Crippen LogP contribution >= 0.6 is 11.8 Å². The van der Waals surface area contributed by atoms with Crippen molar-refractivity contribution in [3.05, 3.63) is 46.4 Å². The number of hydrogen-bond acceptors (Lipinski definition) is 10. The van der Waals surface area contributed by atoms with Gasteiger partial charge in [0.1, 0.15) is 19.0 Å². The molecule has 4 rings (SSSR count). The van der Waals surface area contributed by atoms with Crippen molar-refractivity contribution in [2.45, 2.75) is 22.1 Å². The highest BCUT2D eigenvalue weighted by Crippen LogP contribution is 2.47. The van der Waals surface area contributed by atoms with E-state index >= 15 is 0 Å². The summed E-state index contributed by atoms with van der Waals surface area (Å²) in [6.07, 6.45) is -0.560. The summed E-state index contributed by atoms with van der Waals surface area (Å²) in [4.78, 5) is 18.5. The van der Waals surface area contributed by atoms with E-state index in [1.54, 1.807) is 6.20 Å². The minimum absolute atomic E-state index is 0.110. The first-order valence-electron chi connectivity index (χ1n) is 9.22. The van der Waals surface area contributed by atoms with Crippen molar-refractivity contribution in [2.75, 3.05) is 39.3 Å². The van der Waals surface area contributed by atoms with Crippen molar-refractivity contribution in [3.8, 4) is 5.75 Å². The molecular weight excluding hydrogens is 412 g/mol. The Labute approximate surface area is 176 Å². The van der Waals surface area contributed by atoms with Gasteiger partial charge in [-0.1, -0.05) is 17.8 Å². The number of hydrogen-bond donors (Lipinski definition) is 3. The normalized spacial score (nSPS) is 19.6. The predicted octanol–water partition coefficient (Wildman–Crippen LogP) is 1.18. The monoisotopic (exact) mass is 434 g/mol. The van der Waals surface area contributed by atoms with Crippen LogP contribution in [0.15, 0.2) is 50.5 Å². The quantitative estimate of drug-likeness (QED) is 0.498. The molecule has 2 aliphatic heterocycles. The largest absolute Gasteiger partial charge is 0.494 e. The number of fused-ring (bicyclic) bond motifs is 2. The van der Waals surface area contributed by atoms with E-state index in [-0.39, 0.29) is 12.4 Å². The maximum atomic E-state index is 12.7. The highest BCUT2D eigenvalue weighted by molar-refractivity contribution is 7.99. The zero-order valence-corrected chi connectivity index (χ0v) is 17.3. The lowest BCUT2D eigenvalue weighted by atomic mass is 10.2. The van der Waals surface area contributed by atoms with Crippen LogP contribution in [-0.4, -0.2) is 54.7 Å². The number of nitrogens with zero attached hydrogens (tertiary/aromatic N) is 2. The van der Waals surface area contributed by atoms with Crippen molar-refractivity contribution in [3.63, 3.8) is 0 Å². The Morgan fingerprint density at radius 3 is 2.93 bits per heavy atom. The molecule has 1 unspecified atom stereocenters. The Kier molecular flexibility index (Phi) is 5.86. The van der Waals surface area contributed by atoms with Crippen LogP contribution < -0.4 is 21.5 Å². The third-order valence-electron chi connectivity index (χ3n) is 4.59. The first-order chi connectivity index (χ1) is 14.6. The van der Waals surface area contributed by atoms with Crippen LogP contribution in [0.3, 0.4) is 0 Å². The van der Waals surface area contributed by atoms with Gasteiger partial charge in [0.15, 0.2) is 23.4 Å². The van der Waals surface area contributed by atoms with E-state index in [1.165, 1.54) is 30.5 Å². The number of aliphatic hydroxyl groups excluding tert-OH is 1. The van der Waals surface area contributed by atoms with Gasteiger partial charge in [0.25, 0.3) is 0 Å². The molecule has 1 aromatic heterocycles. The minimum Gasteiger partial charge on any atom is -0.494 e. The number of anilines is 2. The first kappa shape index (κ1) is 20.5. The third-order valence-corrected chi connectivity index (χ3v) is 5.67. The maximum absolute atomic E-state index is 12.7. The van der Waals surface area contributed by atoms with E-state index in [0.717, 1.165) is 10.6 Å². The molecule has 3 heterocycles. The van der Waals surface area contributed by atoms with E-state index in [1.807, 2.05) is 18.2 Å². The molecule has 0 aliphatic carbocycles. The Morgan fingerprint density at radius 1 is 1.37 bits per heavy atom. The number of rotatable bonds is 7. The molecule has 0 bridgehead atoms. The summed E-state index contributed by atoms with van der Waals surface area (Å²) in [5.74, 6) is 1.60. The topological polar surface area (TPSA) is 130 Å². The van der Waals surface area contributed by atoms with E-state index in [9.17, 15) is 9.90 Å². The van der Waals surface area contributed by atoms with Gasteiger partial charge < -0.3 is 35.1 Å². The molecule has 0 amide bonds. The summed E-state index contributed by atoms with van der Waals surface area (Å²) >= 11 is 1.43. The number of aliphatic hydroxyl groups is 1. The Balaban J connectivity index is 1.65. The Hall–Kier alpha value is -2.73. The number of nitrogens with two attached hydrogens (primary N) is 1. The molecule has 160 valence electrons. The average Bonchev–Trinajstić information content (AvgIpc) is 3.05. The zero-order valence-electron chi connectivity index (χ0n) is 16.5. The van der Waals surface area contributed by atoms with Crippen LogP contribution in [0.2, 0.25) is 0 Å². The van der Waals surface area contributed by atoms with Crippen molar-refractivity contribution < 1.29 is 24.1 Å². The van der Waals surface area contributed by atoms with Crippen LogP contribution in [0.4, 0.5) is 11.5 Å². The van der Waals surface area contributed by atoms with Crippen LogP contribution in [-0.2, 0) is 14.2 Å². The van der Waals surface area contributed by atoms with Gasteiger partial charge in [-0.25, -0.2) is 4.79 Å². The summed E-state index contributed by atoms with van der Waals surface area (Å²) in [7, 11) is 2.93. The third kappa shape index (κ3) is 3.60. The van der Waals surface area contributed by atoms with Crippen molar-refractivity contribution >= 4 is 23.3 Å². The Bertz CT molecular complexity index is 1040. The molecule has 0 saturated carbocycles. The fourth-order valence-corrected chi connectivity index (χ4v) is 4.28. The molecule has 11 heteroatoms. The second kappa shape index (κ2) is 8.56. The predicted molar refractivity (Wildman–Crippen MR) is 109 cm³/mol. The summed E-state index contributed by atoms with van der Waals surface area (Å²) in [5, 5.41) is 13.8. The number of ether oxygens (including phenoxy) is 4. The standard InChI is InChI=1S/C19H22N4O6S/c1-26-9-11-16(27-2)15(24)18(29-11)23-8-13-17(22-19(23)25)21-14-10(28-7-6-20)4-3-5-12(14)30-13/h3-5,8,15,18,24H,6-7,9,20H2,1-2H3,(H,21,22,25)/t15?,18-/m1/s1. The smallest absolute Gasteiger partial charge is 0.352 e. The van der Waals surface area contributed by atoms with E-state index in [0.29, 0.717) is 35.4 Å². The van der Waals surface area contributed by atoms with E-state index in [4.69, 9.17) is 24.7 Å². The van der Waals surface area contributed by atoms with Crippen molar-refractivity contribution in [1.29, 1.82) is 0 Å². The van der Waals surface area contributed by atoms with Gasteiger partial charge in [-0.2, -0.15) is 4.98 Å². The molecule has 2 aromatic rings. The lowest BCUT2D eigenvalue weighted by Crippen LogP contribution is -2.34. The molecule has 0 radical (unpaired) electrons. The second-order valence-corrected chi connectivity index (χ2v) is 7.60. The minimum atomic E-state index is -1.16. The molecule has 1 aromatic carbocycles. The molecule has 0 fully saturated rings. The molecule has 10 nitrogen and oxygen atoms in total. The number of aromatic nitrogens is 2. The number of benzene rings is 1. The highest BCUT2D eigenvalue weighted by Gasteiger charge is 2.39. The number of para-hydroxylation sites is 1. The van der Waals surface area contributed by atoms with Crippen molar-refractivity contribution in [2.24, 2.45) is 5.73 Å². The molecule has 4 N–H and O–H groups in total. The highest BCUT2D eigenvalue weighted by atomic mass is 32.2. The summed E-state index contributed by atoms with van der Waals surface area (Å²) in [5.41, 5.74) is 5.68. The molecule has 30 heavy (non-hydrogen) atoms. The number of methoxy groups -OCH3 is 2. The van der Waals surface area contributed by atoms with Crippen LogP contribution in [0.5, 0.6) is 5.75 Å². The summed E-state index contributed by atoms with van der Waals surface area (Å²) in [6.45, 7) is 0.877. The fraction of sp³-hybridized carbons (Fsp3) is 0.368. The van der Waals surface area contributed by atoms with Gasteiger partial charge in [-0.05, 0) is 12.1 Å².